The lowest BCUT2D eigenvalue weighted by molar-refractivity contribution is -0.119. The van der Waals surface area contributed by atoms with Crippen molar-refractivity contribution in [2.24, 2.45) is 0 Å². The molecule has 4 rings (SSSR count). The van der Waals surface area contributed by atoms with Gasteiger partial charge in [-0.2, -0.15) is 0 Å². The van der Waals surface area contributed by atoms with Crippen LogP contribution in [0.4, 0.5) is 14.9 Å². The Morgan fingerprint density at radius 3 is 2.84 bits per heavy atom. The number of nitrogens with one attached hydrogen (secondary N) is 1. The third-order valence-electron chi connectivity index (χ3n) is 4.82. The molecule has 1 atom stereocenters. The van der Waals surface area contributed by atoms with E-state index in [0.29, 0.717) is 23.4 Å². The predicted octanol–water partition coefficient (Wildman–Crippen LogP) is 3.38. The van der Waals surface area contributed by atoms with Crippen LogP contribution in [0.1, 0.15) is 20.0 Å². The van der Waals surface area contributed by atoms with Crippen LogP contribution in [0.15, 0.2) is 42.7 Å². The second kappa shape index (κ2) is 9.13. The maximum Gasteiger partial charge on any atom is 0.414 e. The van der Waals surface area contributed by atoms with Crippen LogP contribution in [0, 0.1) is 5.82 Å². The van der Waals surface area contributed by atoms with Gasteiger partial charge in [0.25, 0.3) is 0 Å². The minimum atomic E-state index is -0.567. The Morgan fingerprint density at radius 2 is 2.13 bits per heavy atom. The van der Waals surface area contributed by atoms with E-state index in [1.54, 1.807) is 31.5 Å². The molecule has 2 aromatic heterocycles. The molecule has 1 aliphatic heterocycles. The van der Waals surface area contributed by atoms with Crippen LogP contribution in [0.2, 0.25) is 0 Å². The largest absolute Gasteiger partial charge is 0.442 e. The van der Waals surface area contributed by atoms with Crippen LogP contribution in [-0.2, 0) is 20.9 Å². The van der Waals surface area contributed by atoms with Gasteiger partial charge in [0, 0.05) is 37.6 Å². The van der Waals surface area contributed by atoms with Gasteiger partial charge < -0.3 is 19.2 Å². The van der Waals surface area contributed by atoms with E-state index >= 15 is 0 Å². The number of aromatic nitrogens is 2. The van der Waals surface area contributed by atoms with Gasteiger partial charge in [0.1, 0.15) is 17.6 Å². The Labute approximate surface area is 179 Å². The van der Waals surface area contributed by atoms with Crippen molar-refractivity contribution < 1.29 is 23.5 Å². The number of hydrogen-bond acceptors (Lipinski definition) is 5. The van der Waals surface area contributed by atoms with Crippen molar-refractivity contribution in [3.05, 3.63) is 54.2 Å². The maximum absolute atomic E-state index is 14.9. The summed E-state index contributed by atoms with van der Waals surface area (Å²) in [5.74, 6) is -0.661. The van der Waals surface area contributed by atoms with Gasteiger partial charge in [0.05, 0.1) is 31.1 Å². The number of hydrogen-bond donors (Lipinski definition) is 1. The molecule has 0 spiro atoms. The smallest absolute Gasteiger partial charge is 0.414 e. The molecule has 0 saturated carbocycles. The van der Waals surface area contributed by atoms with Crippen LogP contribution < -0.4 is 10.2 Å². The molecule has 1 saturated heterocycles. The number of pyridine rings is 1. The molecule has 2 amide bonds. The molecular formula is C22H25FN4O4. The highest BCUT2D eigenvalue weighted by Gasteiger charge is 2.32. The summed E-state index contributed by atoms with van der Waals surface area (Å²) < 4.78 is 27.1. The molecule has 0 radical (unpaired) electrons. The number of ether oxygens (including phenoxy) is 2. The molecule has 31 heavy (non-hydrogen) atoms. The van der Waals surface area contributed by atoms with Crippen LogP contribution in [0.5, 0.6) is 0 Å². The fourth-order valence-electron chi connectivity index (χ4n) is 3.42. The summed E-state index contributed by atoms with van der Waals surface area (Å²) in [5.41, 5.74) is 3.02. The minimum absolute atomic E-state index is 0. The fraction of sp³-hybridized carbons (Fsp3) is 0.318. The second-order valence-electron chi connectivity index (χ2n) is 7.07. The highest BCUT2D eigenvalue weighted by Crippen LogP contribution is 2.29. The van der Waals surface area contributed by atoms with Crippen LogP contribution in [-0.4, -0.2) is 47.7 Å². The number of anilines is 1. The van der Waals surface area contributed by atoms with Gasteiger partial charge in [0.15, 0.2) is 0 Å². The number of carbonyl (C=O) groups excluding carboxylic acids is 2. The lowest BCUT2D eigenvalue weighted by atomic mass is 10.1. The molecule has 164 valence electrons. The summed E-state index contributed by atoms with van der Waals surface area (Å²) in [5, 5.41) is 2.61. The van der Waals surface area contributed by atoms with Crippen LogP contribution >= 0.6 is 0 Å². The van der Waals surface area contributed by atoms with Gasteiger partial charge in [-0.1, -0.05) is 7.43 Å². The molecule has 1 fully saturated rings. The van der Waals surface area contributed by atoms with E-state index in [1.165, 1.54) is 17.9 Å². The summed E-state index contributed by atoms with van der Waals surface area (Å²) >= 11 is 0. The average molecular weight is 428 g/mol. The third kappa shape index (κ3) is 4.66. The van der Waals surface area contributed by atoms with Crippen molar-refractivity contribution in [3.8, 4) is 11.1 Å². The van der Waals surface area contributed by atoms with Crippen molar-refractivity contribution >= 4 is 23.3 Å². The first-order valence-corrected chi connectivity index (χ1v) is 9.43. The first kappa shape index (κ1) is 22.2. The van der Waals surface area contributed by atoms with E-state index in [2.05, 4.69) is 10.3 Å². The van der Waals surface area contributed by atoms with Gasteiger partial charge in [0.2, 0.25) is 5.91 Å². The Hall–Kier alpha value is -3.46. The van der Waals surface area contributed by atoms with Crippen molar-refractivity contribution in [2.75, 3.05) is 25.1 Å². The molecule has 8 nitrogen and oxygen atoms in total. The zero-order valence-corrected chi connectivity index (χ0v) is 16.6. The first-order valence-electron chi connectivity index (χ1n) is 9.43. The monoisotopic (exact) mass is 428 g/mol. The van der Waals surface area contributed by atoms with Crippen LogP contribution in [0.3, 0.4) is 0 Å². The fourth-order valence-corrected chi connectivity index (χ4v) is 3.42. The van der Waals surface area contributed by atoms with Gasteiger partial charge >= 0.3 is 6.09 Å². The topological polar surface area (TPSA) is 85.2 Å². The van der Waals surface area contributed by atoms with Crippen molar-refractivity contribution in [2.45, 2.75) is 27.1 Å². The number of imidazole rings is 1. The number of rotatable bonds is 6. The van der Waals surface area contributed by atoms with E-state index in [9.17, 15) is 14.0 Å². The van der Waals surface area contributed by atoms with Gasteiger partial charge in [-0.05, 0) is 30.3 Å². The number of cyclic esters (lactones) is 1. The normalized spacial score (nSPS) is 15.6. The number of amides is 2. The summed E-state index contributed by atoms with van der Waals surface area (Å²) in [6.07, 6.45) is 2.59. The summed E-state index contributed by atoms with van der Waals surface area (Å²) in [4.78, 5) is 29.0. The molecule has 0 aliphatic carbocycles. The SMILES string of the molecule is C.COCc1cn2cc(-c3ccc(N4C[C@H](CNC(C)=O)OC4=O)cc3F)ccc2n1. The van der Waals surface area contributed by atoms with Crippen molar-refractivity contribution in [1.29, 1.82) is 0 Å². The quantitative estimate of drug-likeness (QED) is 0.651. The lowest BCUT2D eigenvalue weighted by Crippen LogP contribution is -2.33. The average Bonchev–Trinajstić information content (AvgIpc) is 3.28. The first-order chi connectivity index (χ1) is 14.4. The number of benzene rings is 1. The van der Waals surface area contributed by atoms with Gasteiger partial charge in [-0.15, -0.1) is 0 Å². The second-order valence-corrected chi connectivity index (χ2v) is 7.07. The molecule has 0 bridgehead atoms. The van der Waals surface area contributed by atoms with Gasteiger partial charge in [-0.3, -0.25) is 9.69 Å². The molecule has 1 aliphatic rings. The molecular weight excluding hydrogens is 403 g/mol. The van der Waals surface area contributed by atoms with Gasteiger partial charge in [-0.25, -0.2) is 14.2 Å². The summed E-state index contributed by atoms with van der Waals surface area (Å²) in [6.45, 7) is 2.24. The summed E-state index contributed by atoms with van der Waals surface area (Å²) in [6, 6.07) is 8.23. The van der Waals surface area contributed by atoms with Crippen molar-refractivity contribution in [1.82, 2.24) is 14.7 Å². The number of methoxy groups -OCH3 is 1. The number of halogens is 1. The Kier molecular flexibility index (Phi) is 6.55. The maximum atomic E-state index is 14.9. The third-order valence-corrected chi connectivity index (χ3v) is 4.82. The molecule has 0 unspecified atom stereocenters. The van der Waals surface area contributed by atoms with E-state index in [0.717, 1.165) is 11.3 Å². The predicted molar refractivity (Wildman–Crippen MR) is 114 cm³/mol. The van der Waals surface area contributed by atoms with E-state index in [-0.39, 0.29) is 26.4 Å². The molecule has 9 heteroatoms. The summed E-state index contributed by atoms with van der Waals surface area (Å²) in [7, 11) is 1.60. The van der Waals surface area contributed by atoms with Crippen LogP contribution in [0.25, 0.3) is 16.8 Å². The van der Waals surface area contributed by atoms with E-state index < -0.39 is 18.0 Å². The highest BCUT2D eigenvalue weighted by molar-refractivity contribution is 5.90. The number of nitrogens with zero attached hydrogens (tertiary/aromatic N) is 3. The molecule has 1 aromatic carbocycles. The standard InChI is InChI=1S/C21H21FN4O4.CH4/c1-13(27)23-8-17-11-26(21(28)30-17)16-4-5-18(19(22)7-16)14-3-6-20-24-15(12-29-2)10-25(20)9-14;/h3-7,9-10,17H,8,11-12H2,1-2H3,(H,23,27);1H4/t17-;/m0./s1. The zero-order chi connectivity index (χ0) is 21.3. The molecule has 1 N–H and O–H groups in total. The van der Waals surface area contributed by atoms with E-state index in [1.807, 2.05) is 16.7 Å². The zero-order valence-electron chi connectivity index (χ0n) is 16.6. The van der Waals surface area contributed by atoms with Crippen molar-refractivity contribution in [3.63, 3.8) is 0 Å². The number of carbonyl (C=O) groups is 2. The minimum Gasteiger partial charge on any atom is -0.442 e. The Balaban J connectivity index is 0.00000272. The Morgan fingerprint density at radius 1 is 1.32 bits per heavy atom. The highest BCUT2D eigenvalue weighted by atomic mass is 19.1. The number of fused-ring (bicyclic) bond motifs is 1. The Bertz CT molecular complexity index is 1110. The molecule has 3 aromatic rings. The molecule has 3 heterocycles. The van der Waals surface area contributed by atoms with E-state index in [4.69, 9.17) is 9.47 Å². The lowest BCUT2D eigenvalue weighted by Gasteiger charge is -2.14.